The van der Waals surface area contributed by atoms with Crippen LogP contribution in [0.5, 0.6) is 0 Å². The van der Waals surface area contributed by atoms with Crippen molar-refractivity contribution in [3.8, 4) is 0 Å². The molecule has 12 nitrogen and oxygen atoms in total. The van der Waals surface area contributed by atoms with Crippen molar-refractivity contribution in [3.63, 3.8) is 0 Å². The molecule has 404 valence electrons. The van der Waals surface area contributed by atoms with Gasteiger partial charge in [-0.15, -0.1) is 0 Å². The zero-order valence-corrected chi connectivity index (χ0v) is 46.8. The maximum Gasteiger partial charge on any atom is 0.229 e. The van der Waals surface area contributed by atoms with Crippen molar-refractivity contribution in [2.45, 2.75) is 224 Å². The smallest absolute Gasteiger partial charge is 0.229 e. The van der Waals surface area contributed by atoms with E-state index >= 15 is 0 Å². The molecule has 4 saturated carbocycles. The lowest BCUT2D eigenvalue weighted by atomic mass is 9.33. The largest absolute Gasteiger partial charge is 0.395 e. The predicted octanol–water partition coefficient (Wildman–Crippen LogP) is 10.1. The summed E-state index contributed by atoms with van der Waals surface area (Å²) in [6.07, 6.45) is 6.94. The average Bonchev–Trinajstić information content (AvgIpc) is 3.32. The number of methoxy groups -OCH3 is 1. The van der Waals surface area contributed by atoms with E-state index in [1.54, 1.807) is 14.0 Å². The highest BCUT2D eigenvalue weighted by Crippen LogP contribution is 2.76. The minimum atomic E-state index is -1.02. The molecule has 71 heavy (non-hydrogen) atoms. The van der Waals surface area contributed by atoms with Crippen molar-refractivity contribution >= 4 is 18.0 Å². The van der Waals surface area contributed by atoms with Gasteiger partial charge in [0.25, 0.3) is 0 Å². The molecule has 0 radical (unpaired) electrons. The number of allylic oxidation sites excluding steroid dienone is 2. The van der Waals surface area contributed by atoms with Gasteiger partial charge in [0.15, 0.2) is 24.7 Å². The number of aliphatic hydroxyl groups excluding tert-OH is 1. The summed E-state index contributed by atoms with van der Waals surface area (Å²) in [6.45, 7) is 34.1. The summed E-state index contributed by atoms with van der Waals surface area (Å²) in [5.41, 5.74) is -0.708. The summed E-state index contributed by atoms with van der Waals surface area (Å²) in [5.74, 6) is 1.39. The van der Waals surface area contributed by atoms with Crippen LogP contribution in [0, 0.1) is 91.7 Å². The number of nitrogens with one attached hydrogen (secondary N) is 1. The first-order valence-electron chi connectivity index (χ1n) is 28.3. The Labute approximate surface area is 428 Å². The molecule has 7 fully saturated rings. The first-order valence-corrected chi connectivity index (χ1v) is 28.3. The highest BCUT2D eigenvalue weighted by molar-refractivity contribution is 5.85. The molecular formula is C59H97NO11. The van der Waals surface area contributed by atoms with Crippen LogP contribution in [0.25, 0.3) is 0 Å². The fraction of sp³-hybridized carbons (Fsp3) is 0.915. The van der Waals surface area contributed by atoms with E-state index in [-0.39, 0.29) is 94.2 Å². The summed E-state index contributed by atoms with van der Waals surface area (Å²) < 4.78 is 48.5. The summed E-state index contributed by atoms with van der Waals surface area (Å²) in [5, 5.41) is 12.9. The quantitative estimate of drug-likeness (QED) is 0.103. The van der Waals surface area contributed by atoms with Gasteiger partial charge in [0, 0.05) is 31.4 Å². The number of ketones is 1. The molecule has 2 N–H and O–H groups in total. The monoisotopic (exact) mass is 996 g/mol. The third-order valence-electron chi connectivity index (χ3n) is 22.9. The number of carbonyl (C=O) groups excluding carboxylic acids is 3. The van der Waals surface area contributed by atoms with E-state index in [0.717, 1.165) is 57.8 Å². The standard InChI is InChI=1S/C59H97NO11/c1-17-42-35(5)34(4)37(7)51(67-42)71-49-48(70-50-36(6)33(3)32(2)30-66-50)38(8)47(39(9)63)69-52(49)68-45-21-22-55(12)43(56(45,13)31-62)20-23-57(14)44(55)19-18-40-41-28-54(10,11)24-25-59(41,53(64)60-26-27-61)46(65-16)29-58(40,57)15/h18,31-38,41-52,61H,17,19-30H2,1-16H3,(H,60,64)/t32-,33+,34+,35-,36?,37?,38-,41?,42?,43-,44?,45+,46+,47?,48+,49?,50+,51+,52-,55?,56-,57?,58-,59-/m1/s1. The van der Waals surface area contributed by atoms with E-state index in [1.165, 1.54) is 11.9 Å². The van der Waals surface area contributed by atoms with Crippen LogP contribution >= 0.6 is 0 Å². The lowest BCUT2D eigenvalue weighted by Crippen LogP contribution is -2.69. The molecule has 0 aromatic heterocycles. The van der Waals surface area contributed by atoms with Crippen LogP contribution in [-0.4, -0.2) is 105 Å². The molecule has 3 heterocycles. The van der Waals surface area contributed by atoms with Crippen molar-refractivity contribution in [2.24, 2.45) is 91.7 Å². The Hall–Kier alpha value is -1.77. The Bertz CT molecular complexity index is 1970. The van der Waals surface area contributed by atoms with Crippen molar-refractivity contribution < 1.29 is 52.6 Å². The van der Waals surface area contributed by atoms with Crippen LogP contribution in [0.3, 0.4) is 0 Å². The van der Waals surface area contributed by atoms with Crippen molar-refractivity contribution in [1.29, 1.82) is 0 Å². The fourth-order valence-corrected chi connectivity index (χ4v) is 17.4. The molecule has 24 atom stereocenters. The lowest BCUT2D eigenvalue weighted by Gasteiger charge is -2.72. The minimum absolute atomic E-state index is 0.00787. The zero-order chi connectivity index (χ0) is 52.0. The van der Waals surface area contributed by atoms with Gasteiger partial charge in [0.1, 0.15) is 18.5 Å². The first kappa shape index (κ1) is 55.5. The van der Waals surface area contributed by atoms with E-state index < -0.39 is 54.1 Å². The van der Waals surface area contributed by atoms with Crippen LogP contribution in [0.4, 0.5) is 0 Å². The molecule has 1 amide bonds. The molecule has 0 aromatic carbocycles. The molecule has 3 aliphatic heterocycles. The van der Waals surface area contributed by atoms with Gasteiger partial charge in [0.2, 0.25) is 5.91 Å². The Morgan fingerprint density at radius 3 is 2.11 bits per heavy atom. The molecule has 0 bridgehead atoms. The number of carbonyl (C=O) groups is 3. The number of aliphatic hydroxyl groups is 1. The molecule has 0 spiro atoms. The molecule has 12 heteroatoms. The number of hydrogen-bond acceptors (Lipinski definition) is 11. The van der Waals surface area contributed by atoms with E-state index in [1.807, 2.05) is 6.92 Å². The highest BCUT2D eigenvalue weighted by atomic mass is 16.8. The maximum atomic E-state index is 14.5. The molecule has 8 rings (SSSR count). The number of fused-ring (bicyclic) bond motifs is 7. The fourth-order valence-electron chi connectivity index (χ4n) is 17.4. The average molecular weight is 996 g/mol. The van der Waals surface area contributed by atoms with Gasteiger partial charge in [-0.05, 0) is 134 Å². The molecule has 8 aliphatic rings. The number of rotatable bonds is 13. The Kier molecular flexibility index (Phi) is 15.9. The van der Waals surface area contributed by atoms with E-state index in [4.69, 9.17) is 33.2 Å². The normalized spacial score (nSPS) is 51.6. The lowest BCUT2D eigenvalue weighted by molar-refractivity contribution is -0.374. The highest BCUT2D eigenvalue weighted by Gasteiger charge is 2.72. The number of ether oxygens (including phenoxy) is 7. The second kappa shape index (κ2) is 20.3. The third-order valence-corrected chi connectivity index (χ3v) is 22.9. The van der Waals surface area contributed by atoms with E-state index in [9.17, 15) is 19.5 Å². The van der Waals surface area contributed by atoms with Crippen LogP contribution in [-0.2, 0) is 47.5 Å². The van der Waals surface area contributed by atoms with Crippen LogP contribution in [0.1, 0.15) is 168 Å². The Morgan fingerprint density at radius 2 is 1.46 bits per heavy atom. The first-order chi connectivity index (χ1) is 33.3. The Balaban J connectivity index is 1.13. The number of Topliss-reactive ketones (excluding diaryl/α,β-unsaturated/α-hetero) is 1. The van der Waals surface area contributed by atoms with Crippen molar-refractivity contribution in [3.05, 3.63) is 11.6 Å². The van der Waals surface area contributed by atoms with Crippen LogP contribution in [0.15, 0.2) is 11.6 Å². The predicted molar refractivity (Wildman–Crippen MR) is 273 cm³/mol. The molecule has 5 aliphatic carbocycles. The van der Waals surface area contributed by atoms with Crippen molar-refractivity contribution in [2.75, 3.05) is 26.9 Å². The molecule has 0 aromatic rings. The number of hydrogen-bond donors (Lipinski definition) is 2. The maximum absolute atomic E-state index is 14.5. The van der Waals surface area contributed by atoms with Crippen LogP contribution in [0.2, 0.25) is 0 Å². The summed E-state index contributed by atoms with van der Waals surface area (Å²) in [7, 11) is 1.79. The second-order valence-electron chi connectivity index (χ2n) is 26.8. The van der Waals surface area contributed by atoms with Gasteiger partial charge in [-0.1, -0.05) is 109 Å². The topological polar surface area (TPSA) is 148 Å². The summed E-state index contributed by atoms with van der Waals surface area (Å²) in [4.78, 5) is 42.4. The molecule has 3 saturated heterocycles. The SMILES string of the molecule is CCC1O[C@@H](OC2[C@H](O[C@H]3CCC4(C)C5CC=C6C7CC(C)(C)CC[C@]7(C(=O)NCCO)[C@@H](OC)C[C@@]6(C)C5(C)CC[C@H]4[C@@]3(C)C=O)OC(C(C)=O)[C@@H](C)[C@@H]2O[C@@H]2OC[C@@H](C)[C@H](C)C2C)C(C)[C@@H](C)[C@H]1C. The van der Waals surface area contributed by atoms with Gasteiger partial charge in [-0.25, -0.2) is 0 Å². The molecule has 9 unspecified atom stereocenters. The van der Waals surface area contributed by atoms with Crippen molar-refractivity contribution in [1.82, 2.24) is 5.32 Å². The third kappa shape index (κ3) is 8.91. The second-order valence-corrected chi connectivity index (χ2v) is 26.8. The number of aldehydes is 1. The van der Waals surface area contributed by atoms with Gasteiger partial charge in [-0.2, -0.15) is 0 Å². The van der Waals surface area contributed by atoms with Crippen LogP contribution < -0.4 is 5.32 Å². The van der Waals surface area contributed by atoms with Gasteiger partial charge >= 0.3 is 0 Å². The Morgan fingerprint density at radius 1 is 0.775 bits per heavy atom. The zero-order valence-electron chi connectivity index (χ0n) is 46.8. The summed E-state index contributed by atoms with van der Waals surface area (Å²) >= 11 is 0. The molecular weight excluding hydrogens is 899 g/mol. The summed E-state index contributed by atoms with van der Waals surface area (Å²) in [6, 6.07) is 0. The minimum Gasteiger partial charge on any atom is -0.395 e. The van der Waals surface area contributed by atoms with Gasteiger partial charge in [0.05, 0.1) is 48.5 Å². The number of amides is 1. The van der Waals surface area contributed by atoms with Gasteiger partial charge in [-0.3, -0.25) is 9.59 Å². The van der Waals surface area contributed by atoms with Gasteiger partial charge < -0.3 is 48.4 Å². The van der Waals surface area contributed by atoms with E-state index in [0.29, 0.717) is 36.7 Å². The van der Waals surface area contributed by atoms with E-state index in [2.05, 4.69) is 101 Å².